The summed E-state index contributed by atoms with van der Waals surface area (Å²) in [6.07, 6.45) is 3.91. The number of hydrogen-bond acceptors (Lipinski definition) is 8. The Morgan fingerprint density at radius 3 is 2.14 bits per heavy atom. The van der Waals surface area contributed by atoms with Crippen LogP contribution in [0.4, 0.5) is 0 Å². The largest absolute Gasteiger partial charge is 0.462 e. The van der Waals surface area contributed by atoms with E-state index in [-0.39, 0.29) is 59.3 Å². The molecule has 0 radical (unpaired) electrons. The molecule has 3 saturated carbocycles. The third kappa shape index (κ3) is 4.60. The van der Waals surface area contributed by atoms with Crippen LogP contribution in [0.15, 0.2) is 11.6 Å². The molecule has 0 aromatic carbocycles. The first-order chi connectivity index (χ1) is 19.3. The van der Waals surface area contributed by atoms with Crippen LogP contribution >= 0.6 is 0 Å². The zero-order valence-corrected chi connectivity index (χ0v) is 27.1. The number of epoxide rings is 1. The average molecular weight is 591 g/mol. The van der Waals surface area contributed by atoms with Gasteiger partial charge in [0, 0.05) is 37.7 Å². The Morgan fingerprint density at radius 2 is 1.60 bits per heavy atom. The third-order valence-electron chi connectivity index (χ3n) is 13.1. The lowest BCUT2D eigenvalue weighted by Gasteiger charge is -2.70. The van der Waals surface area contributed by atoms with Crippen molar-refractivity contribution in [3.63, 3.8) is 0 Å². The van der Waals surface area contributed by atoms with E-state index in [1.165, 1.54) is 19.4 Å². The van der Waals surface area contributed by atoms with E-state index >= 15 is 0 Å². The highest BCUT2D eigenvalue weighted by atomic mass is 16.6. The number of rotatable bonds is 7. The van der Waals surface area contributed by atoms with Gasteiger partial charge in [-0.05, 0) is 80.5 Å². The van der Waals surface area contributed by atoms with Gasteiger partial charge in [0.15, 0.2) is 0 Å². The van der Waals surface area contributed by atoms with Crippen LogP contribution in [0.25, 0.3) is 0 Å². The molecule has 1 saturated heterocycles. The maximum Gasteiger partial charge on any atom is 0.302 e. The maximum atomic E-state index is 12.6. The SMILES string of the molecule is CC(=O)O[C@H]1C[C@@H](O)C(C)(C)C2C[C@@H](OC(C)=O)[C@@]3(C)C4=CCC(C(CO)CC(O)C5OC5(C)C)[C@]4(C)CCC3[C@]21C. The molecule has 0 aromatic rings. The second-order valence-corrected chi connectivity index (χ2v) is 16.1. The number of aliphatic hydroxyl groups is 3. The van der Waals surface area contributed by atoms with Gasteiger partial charge in [-0.25, -0.2) is 0 Å². The van der Waals surface area contributed by atoms with Crippen molar-refractivity contribution < 1.29 is 39.1 Å². The fraction of sp³-hybridized carbons (Fsp3) is 0.882. The molecule has 0 spiro atoms. The smallest absolute Gasteiger partial charge is 0.302 e. The molecule has 1 aliphatic heterocycles. The van der Waals surface area contributed by atoms with Crippen molar-refractivity contribution in [2.45, 2.75) is 137 Å². The average Bonchev–Trinajstić information content (AvgIpc) is 3.37. The summed E-state index contributed by atoms with van der Waals surface area (Å²) in [5, 5.41) is 32.9. The Balaban J connectivity index is 1.54. The Bertz CT molecular complexity index is 1130. The van der Waals surface area contributed by atoms with Gasteiger partial charge >= 0.3 is 11.9 Å². The van der Waals surface area contributed by atoms with Gasteiger partial charge in [-0.3, -0.25) is 9.59 Å². The van der Waals surface area contributed by atoms with Crippen LogP contribution in [0.5, 0.6) is 0 Å². The van der Waals surface area contributed by atoms with Crippen molar-refractivity contribution >= 4 is 11.9 Å². The normalized spacial score (nSPS) is 46.3. The van der Waals surface area contributed by atoms with E-state index in [2.05, 4.69) is 40.7 Å². The predicted octanol–water partition coefficient (Wildman–Crippen LogP) is 4.57. The highest BCUT2D eigenvalue weighted by Crippen LogP contribution is 2.74. The monoisotopic (exact) mass is 590 g/mol. The van der Waals surface area contributed by atoms with Crippen LogP contribution < -0.4 is 0 Å². The molecular weight excluding hydrogens is 536 g/mol. The first-order valence-electron chi connectivity index (χ1n) is 16.0. The highest BCUT2D eigenvalue weighted by molar-refractivity contribution is 5.67. The Labute approximate surface area is 251 Å². The molecule has 3 N–H and O–H groups in total. The molecule has 238 valence electrons. The quantitative estimate of drug-likeness (QED) is 0.224. The van der Waals surface area contributed by atoms with Crippen LogP contribution in [0.1, 0.15) is 101 Å². The number of ether oxygens (including phenoxy) is 3. The molecule has 4 aliphatic carbocycles. The highest BCUT2D eigenvalue weighted by Gasteiger charge is 2.72. The van der Waals surface area contributed by atoms with Gasteiger partial charge in [-0.15, -0.1) is 0 Å². The topological polar surface area (TPSA) is 126 Å². The fourth-order valence-corrected chi connectivity index (χ4v) is 11.0. The van der Waals surface area contributed by atoms with E-state index < -0.39 is 40.7 Å². The van der Waals surface area contributed by atoms with Gasteiger partial charge in [-0.2, -0.15) is 0 Å². The van der Waals surface area contributed by atoms with E-state index in [1.54, 1.807) is 0 Å². The Hall–Kier alpha value is -1.48. The van der Waals surface area contributed by atoms with E-state index in [0.717, 1.165) is 19.3 Å². The van der Waals surface area contributed by atoms with Crippen molar-refractivity contribution in [1.82, 2.24) is 0 Å². The summed E-state index contributed by atoms with van der Waals surface area (Å²) in [6, 6.07) is 0. The molecule has 6 unspecified atom stereocenters. The molecule has 0 aromatic heterocycles. The standard InChI is InChI=1S/C34H54O8/c1-18(36)40-27-15-25-30(3,4)26(39)16-28(41-19(2)37)34(25,9)24-12-13-32(7)21(10-11-23(32)33(24,27)8)20(17-35)14-22(38)29-31(5,6)42-29/h11,20-22,24-29,35,38-39H,10,12-17H2,1-9H3/t20?,21?,22?,24?,25?,26-,27-,28+,29?,32+,33+,34-/m1/s1. The molecule has 8 nitrogen and oxygen atoms in total. The van der Waals surface area contributed by atoms with Crippen LogP contribution in [0.3, 0.4) is 0 Å². The zero-order chi connectivity index (χ0) is 31.2. The van der Waals surface area contributed by atoms with Crippen molar-refractivity contribution in [3.05, 3.63) is 11.6 Å². The van der Waals surface area contributed by atoms with Crippen LogP contribution in [-0.4, -0.2) is 70.0 Å². The summed E-state index contributed by atoms with van der Waals surface area (Å²) in [4.78, 5) is 25.0. The van der Waals surface area contributed by atoms with E-state index in [0.29, 0.717) is 19.3 Å². The zero-order valence-electron chi connectivity index (χ0n) is 27.1. The minimum atomic E-state index is -0.650. The lowest BCUT2D eigenvalue weighted by atomic mass is 9.36. The van der Waals surface area contributed by atoms with Gasteiger partial charge in [0.05, 0.1) is 17.8 Å². The maximum absolute atomic E-state index is 12.6. The summed E-state index contributed by atoms with van der Waals surface area (Å²) in [6.45, 7) is 17.8. The molecule has 1 heterocycles. The summed E-state index contributed by atoms with van der Waals surface area (Å²) >= 11 is 0. The van der Waals surface area contributed by atoms with Crippen LogP contribution in [-0.2, 0) is 23.8 Å². The minimum absolute atomic E-state index is 0.0144. The van der Waals surface area contributed by atoms with E-state index in [1.807, 2.05) is 13.8 Å². The van der Waals surface area contributed by atoms with Crippen molar-refractivity contribution in [1.29, 1.82) is 0 Å². The fourth-order valence-electron chi connectivity index (χ4n) is 11.0. The number of allylic oxidation sites excluding steroid dienone is 1. The second kappa shape index (κ2) is 10.3. The number of carbonyl (C=O) groups is 2. The van der Waals surface area contributed by atoms with Crippen molar-refractivity contribution in [2.24, 2.45) is 45.3 Å². The lowest BCUT2D eigenvalue weighted by Crippen LogP contribution is -2.70. The Kier molecular flexibility index (Phi) is 7.82. The molecule has 4 fully saturated rings. The number of hydrogen-bond donors (Lipinski definition) is 3. The van der Waals surface area contributed by atoms with Gasteiger partial charge in [0.2, 0.25) is 0 Å². The summed E-state index contributed by atoms with van der Waals surface area (Å²) < 4.78 is 18.0. The molecule has 5 aliphatic rings. The molecule has 12 atom stereocenters. The molecule has 0 bridgehead atoms. The second-order valence-electron chi connectivity index (χ2n) is 16.1. The molecule has 5 rings (SSSR count). The molecule has 8 heteroatoms. The van der Waals surface area contributed by atoms with E-state index in [9.17, 15) is 24.9 Å². The molecular formula is C34H54O8. The number of esters is 2. The first-order valence-corrected chi connectivity index (χ1v) is 16.0. The summed E-state index contributed by atoms with van der Waals surface area (Å²) in [7, 11) is 0. The minimum Gasteiger partial charge on any atom is -0.462 e. The van der Waals surface area contributed by atoms with Gasteiger partial charge in [0.1, 0.15) is 18.3 Å². The number of fused-ring (bicyclic) bond motifs is 5. The van der Waals surface area contributed by atoms with Gasteiger partial charge < -0.3 is 29.5 Å². The van der Waals surface area contributed by atoms with Crippen LogP contribution in [0.2, 0.25) is 0 Å². The Morgan fingerprint density at radius 1 is 1.00 bits per heavy atom. The predicted molar refractivity (Wildman–Crippen MR) is 157 cm³/mol. The van der Waals surface area contributed by atoms with Crippen molar-refractivity contribution in [3.8, 4) is 0 Å². The molecule has 42 heavy (non-hydrogen) atoms. The summed E-state index contributed by atoms with van der Waals surface area (Å²) in [5.41, 5.74) is -0.741. The van der Waals surface area contributed by atoms with Gasteiger partial charge in [-0.1, -0.05) is 46.3 Å². The number of aliphatic hydroxyl groups excluding tert-OH is 3. The summed E-state index contributed by atoms with van der Waals surface area (Å²) in [5.74, 6) is -0.630. The van der Waals surface area contributed by atoms with Crippen molar-refractivity contribution in [2.75, 3.05) is 6.61 Å². The first kappa shape index (κ1) is 31.9. The van der Waals surface area contributed by atoms with Crippen LogP contribution in [0, 0.1) is 45.3 Å². The van der Waals surface area contributed by atoms with E-state index in [4.69, 9.17) is 14.2 Å². The lowest BCUT2D eigenvalue weighted by molar-refractivity contribution is -0.259. The number of carbonyl (C=O) groups excluding carboxylic acids is 2. The van der Waals surface area contributed by atoms with Gasteiger partial charge in [0.25, 0.3) is 0 Å². The third-order valence-corrected chi connectivity index (χ3v) is 13.1. The molecule has 0 amide bonds.